The van der Waals surface area contributed by atoms with E-state index in [1.165, 1.54) is 4.90 Å². The molecule has 1 heterocycles. The quantitative estimate of drug-likeness (QED) is 0.232. The fourth-order valence-corrected chi connectivity index (χ4v) is 3.94. The van der Waals surface area contributed by atoms with Crippen LogP contribution < -0.4 is 22.1 Å². The molecule has 10 heteroatoms. The van der Waals surface area contributed by atoms with Gasteiger partial charge >= 0.3 is 5.97 Å². The number of hydrogen-bond acceptors (Lipinski definition) is 6. The predicted octanol–water partition coefficient (Wildman–Crippen LogP) is 0.580. The number of aliphatic carboxylic acids is 1. The number of nitrogens with zero attached hydrogens (tertiary/aromatic N) is 1. The van der Waals surface area contributed by atoms with Crippen molar-refractivity contribution in [1.82, 2.24) is 15.5 Å². The number of nitrogens with two attached hydrogens (primary N) is 2. The van der Waals surface area contributed by atoms with Crippen LogP contribution in [0.5, 0.6) is 0 Å². The van der Waals surface area contributed by atoms with Gasteiger partial charge < -0.3 is 32.1 Å². The zero-order valence-electron chi connectivity index (χ0n) is 20.5. The van der Waals surface area contributed by atoms with Gasteiger partial charge in [-0.2, -0.15) is 0 Å². The van der Waals surface area contributed by atoms with Crippen molar-refractivity contribution in [3.8, 4) is 0 Å². The smallest absolute Gasteiger partial charge is 0.326 e. The first-order valence-corrected chi connectivity index (χ1v) is 12.2. The summed E-state index contributed by atoms with van der Waals surface area (Å²) in [5.41, 5.74) is 11.5. The summed E-state index contributed by atoms with van der Waals surface area (Å²) in [6.07, 6.45) is 3.99. The van der Waals surface area contributed by atoms with Gasteiger partial charge in [-0.05, 0) is 50.5 Å². The van der Waals surface area contributed by atoms with E-state index in [9.17, 15) is 24.3 Å². The van der Waals surface area contributed by atoms with Crippen LogP contribution in [0, 0.1) is 11.8 Å². The van der Waals surface area contributed by atoms with E-state index < -0.39 is 36.0 Å². The summed E-state index contributed by atoms with van der Waals surface area (Å²) in [6.45, 7) is 8.47. The SMILES string of the molecule is CCC(C)C(N)C(=O)NC(C(=O)N1CCCC1C(=O)NC(CCCCN)C(=O)O)C(C)CC. The Morgan fingerprint density at radius 3 is 2.24 bits per heavy atom. The normalized spacial score (nSPS) is 20.4. The summed E-state index contributed by atoms with van der Waals surface area (Å²) >= 11 is 0. The van der Waals surface area contributed by atoms with E-state index in [-0.39, 0.29) is 30.1 Å². The molecule has 1 saturated heterocycles. The van der Waals surface area contributed by atoms with Crippen LogP contribution in [-0.4, -0.2) is 71.0 Å². The Hall–Kier alpha value is -2.20. The van der Waals surface area contributed by atoms with Crippen LogP contribution in [-0.2, 0) is 19.2 Å². The Morgan fingerprint density at radius 2 is 1.70 bits per heavy atom. The predicted molar refractivity (Wildman–Crippen MR) is 126 cm³/mol. The largest absolute Gasteiger partial charge is 0.480 e. The fourth-order valence-electron chi connectivity index (χ4n) is 3.94. The zero-order chi connectivity index (χ0) is 25.1. The van der Waals surface area contributed by atoms with Crippen LogP contribution in [0.15, 0.2) is 0 Å². The molecule has 6 atom stereocenters. The number of carboxylic acid groups (broad SMARTS) is 1. The first-order valence-electron chi connectivity index (χ1n) is 12.2. The highest BCUT2D eigenvalue weighted by Gasteiger charge is 2.40. The molecule has 0 bridgehead atoms. The van der Waals surface area contributed by atoms with Crippen LogP contribution in [0.25, 0.3) is 0 Å². The second kappa shape index (κ2) is 14.1. The number of carbonyl (C=O) groups is 4. The molecule has 0 saturated carbocycles. The highest BCUT2D eigenvalue weighted by atomic mass is 16.4. The Morgan fingerprint density at radius 1 is 1.06 bits per heavy atom. The van der Waals surface area contributed by atoms with E-state index in [4.69, 9.17) is 11.5 Å². The number of hydrogen-bond donors (Lipinski definition) is 5. The van der Waals surface area contributed by atoms with Crippen molar-refractivity contribution in [1.29, 1.82) is 0 Å². The number of nitrogens with one attached hydrogen (secondary N) is 2. The minimum atomic E-state index is -1.11. The molecular weight excluding hydrogens is 426 g/mol. The third-order valence-corrected chi connectivity index (χ3v) is 6.74. The summed E-state index contributed by atoms with van der Waals surface area (Å²) in [4.78, 5) is 52.1. The molecule has 0 aromatic carbocycles. The summed E-state index contributed by atoms with van der Waals surface area (Å²) < 4.78 is 0. The van der Waals surface area contributed by atoms with E-state index in [1.54, 1.807) is 0 Å². The van der Waals surface area contributed by atoms with E-state index in [1.807, 2.05) is 27.7 Å². The topological polar surface area (TPSA) is 168 Å². The lowest BCUT2D eigenvalue weighted by Gasteiger charge is -2.32. The van der Waals surface area contributed by atoms with Gasteiger partial charge in [-0.15, -0.1) is 0 Å². The maximum atomic E-state index is 13.4. The molecule has 1 rings (SSSR count). The van der Waals surface area contributed by atoms with E-state index in [0.29, 0.717) is 45.2 Å². The molecule has 0 aromatic heterocycles. The average Bonchev–Trinajstić information content (AvgIpc) is 3.29. The van der Waals surface area contributed by atoms with Gasteiger partial charge in [0.15, 0.2) is 0 Å². The van der Waals surface area contributed by atoms with E-state index >= 15 is 0 Å². The molecule has 0 aliphatic carbocycles. The Kier molecular flexibility index (Phi) is 12.4. The van der Waals surface area contributed by atoms with Crippen LogP contribution in [0.4, 0.5) is 0 Å². The lowest BCUT2D eigenvalue weighted by molar-refractivity contribution is -0.145. The zero-order valence-corrected chi connectivity index (χ0v) is 20.5. The molecule has 7 N–H and O–H groups in total. The Labute approximate surface area is 197 Å². The van der Waals surface area contributed by atoms with Gasteiger partial charge in [0, 0.05) is 6.54 Å². The summed E-state index contributed by atoms with van der Waals surface area (Å²) in [5.74, 6) is -2.49. The molecule has 33 heavy (non-hydrogen) atoms. The molecule has 1 aliphatic heterocycles. The highest BCUT2D eigenvalue weighted by molar-refractivity contribution is 5.94. The molecule has 190 valence electrons. The summed E-state index contributed by atoms with van der Waals surface area (Å²) in [7, 11) is 0. The van der Waals surface area contributed by atoms with Crippen LogP contribution >= 0.6 is 0 Å². The molecule has 0 radical (unpaired) electrons. The van der Waals surface area contributed by atoms with Gasteiger partial charge in [-0.3, -0.25) is 14.4 Å². The molecule has 1 fully saturated rings. The van der Waals surface area contributed by atoms with E-state index in [0.717, 1.165) is 6.42 Å². The summed E-state index contributed by atoms with van der Waals surface area (Å²) in [5, 5.41) is 14.9. The minimum absolute atomic E-state index is 0.0322. The van der Waals surface area contributed by atoms with Crippen molar-refractivity contribution in [3.05, 3.63) is 0 Å². The van der Waals surface area contributed by atoms with Gasteiger partial charge in [0.2, 0.25) is 17.7 Å². The van der Waals surface area contributed by atoms with Crippen molar-refractivity contribution in [2.45, 2.75) is 96.8 Å². The maximum absolute atomic E-state index is 13.4. The second-order valence-electron chi connectivity index (χ2n) is 9.16. The third kappa shape index (κ3) is 8.26. The molecule has 0 aromatic rings. The Bertz CT molecular complexity index is 674. The molecule has 1 aliphatic rings. The van der Waals surface area contributed by atoms with Gasteiger partial charge in [-0.1, -0.05) is 40.5 Å². The van der Waals surface area contributed by atoms with Crippen LogP contribution in [0.2, 0.25) is 0 Å². The van der Waals surface area contributed by atoms with Crippen molar-refractivity contribution in [2.75, 3.05) is 13.1 Å². The molecule has 10 nitrogen and oxygen atoms in total. The Balaban J connectivity index is 2.95. The monoisotopic (exact) mass is 469 g/mol. The number of likely N-dealkylation sites (tertiary alicyclic amines) is 1. The number of unbranched alkanes of at least 4 members (excludes halogenated alkanes) is 1. The maximum Gasteiger partial charge on any atom is 0.326 e. The van der Waals surface area contributed by atoms with Gasteiger partial charge in [0.25, 0.3) is 0 Å². The lowest BCUT2D eigenvalue weighted by Crippen LogP contribution is -2.59. The number of rotatable bonds is 14. The fraction of sp³-hybridized carbons (Fsp3) is 0.826. The molecular formula is C23H43N5O5. The van der Waals surface area contributed by atoms with E-state index in [2.05, 4.69) is 10.6 Å². The van der Waals surface area contributed by atoms with Crippen molar-refractivity contribution in [2.24, 2.45) is 23.3 Å². The number of carboxylic acids is 1. The number of carbonyl (C=O) groups excluding carboxylic acids is 3. The van der Waals surface area contributed by atoms with Crippen LogP contribution in [0.1, 0.15) is 72.6 Å². The minimum Gasteiger partial charge on any atom is -0.480 e. The lowest BCUT2D eigenvalue weighted by atomic mass is 9.95. The first-order chi connectivity index (χ1) is 15.6. The molecule has 3 amide bonds. The van der Waals surface area contributed by atoms with Gasteiger partial charge in [0.05, 0.1) is 6.04 Å². The average molecular weight is 470 g/mol. The standard InChI is InChI=1S/C23H43N5O5/c1-5-14(3)18(25)21(30)27-19(15(4)6-2)22(31)28-13-9-11-17(28)20(29)26-16(23(32)33)10-7-8-12-24/h14-19H,5-13,24-25H2,1-4H3,(H,26,29)(H,27,30)(H,32,33). The van der Waals surface area contributed by atoms with Crippen molar-refractivity contribution in [3.63, 3.8) is 0 Å². The van der Waals surface area contributed by atoms with Gasteiger partial charge in [-0.25, -0.2) is 4.79 Å². The third-order valence-electron chi connectivity index (χ3n) is 6.74. The van der Waals surface area contributed by atoms with Crippen molar-refractivity contribution >= 4 is 23.7 Å². The van der Waals surface area contributed by atoms with Crippen LogP contribution in [0.3, 0.4) is 0 Å². The summed E-state index contributed by atoms with van der Waals surface area (Å²) in [6, 6.07) is -3.32. The first kappa shape index (κ1) is 28.8. The molecule has 0 spiro atoms. The molecule has 6 unspecified atom stereocenters. The second-order valence-corrected chi connectivity index (χ2v) is 9.16. The number of amides is 3. The van der Waals surface area contributed by atoms with Crippen molar-refractivity contribution < 1.29 is 24.3 Å². The van der Waals surface area contributed by atoms with Gasteiger partial charge in [0.1, 0.15) is 18.1 Å². The highest BCUT2D eigenvalue weighted by Crippen LogP contribution is 2.22.